The number of benzene rings is 1. The first kappa shape index (κ1) is 13.9. The first-order chi connectivity index (χ1) is 9.22. The maximum absolute atomic E-state index is 12.9. The van der Waals surface area contributed by atoms with E-state index >= 15 is 0 Å². The van der Waals surface area contributed by atoms with Gasteiger partial charge < -0.3 is 5.32 Å². The highest BCUT2D eigenvalue weighted by Gasteiger charge is 2.10. The Hall–Kier alpha value is -1.55. The Morgan fingerprint density at radius 2 is 2.16 bits per heavy atom. The molecule has 2 aromatic rings. The van der Waals surface area contributed by atoms with Gasteiger partial charge in [0.05, 0.1) is 17.9 Å². The Kier molecular flexibility index (Phi) is 4.80. The van der Waals surface area contributed by atoms with Crippen LogP contribution in [0.3, 0.4) is 0 Å². The Balaban J connectivity index is 2.16. The summed E-state index contributed by atoms with van der Waals surface area (Å²) in [6, 6.07) is 11.5. The van der Waals surface area contributed by atoms with Crippen molar-refractivity contribution in [2.24, 2.45) is 0 Å². The van der Waals surface area contributed by atoms with E-state index in [0.717, 1.165) is 17.8 Å². The molecule has 2 rings (SSSR count). The number of aromatic nitrogens is 1. The van der Waals surface area contributed by atoms with E-state index in [1.807, 2.05) is 12.1 Å². The molecule has 0 fully saturated rings. The second-order valence-electron chi connectivity index (χ2n) is 4.24. The third-order valence-corrected chi connectivity index (χ3v) is 3.65. The summed E-state index contributed by atoms with van der Waals surface area (Å²) < 4.78 is 12.9. The number of anilines is 1. The lowest BCUT2D eigenvalue weighted by atomic mass is 10.1. The van der Waals surface area contributed by atoms with E-state index in [1.54, 1.807) is 17.8 Å². The van der Waals surface area contributed by atoms with Crippen LogP contribution in [-0.4, -0.2) is 11.2 Å². The molecule has 1 unspecified atom stereocenters. The van der Waals surface area contributed by atoms with E-state index in [9.17, 15) is 4.39 Å². The minimum Gasteiger partial charge on any atom is -0.377 e. The van der Waals surface area contributed by atoms with Gasteiger partial charge in [-0.3, -0.25) is 4.98 Å². The summed E-state index contributed by atoms with van der Waals surface area (Å²) in [6.45, 7) is 2.08. The number of nitrogens with one attached hydrogen (secondary N) is 1. The van der Waals surface area contributed by atoms with E-state index < -0.39 is 0 Å². The number of halogens is 1. The maximum Gasteiger partial charge on any atom is 0.141 e. The van der Waals surface area contributed by atoms with Gasteiger partial charge in [0, 0.05) is 10.6 Å². The molecule has 0 aliphatic rings. The summed E-state index contributed by atoms with van der Waals surface area (Å²) >= 11 is 1.71. The Bertz CT molecular complexity index is 528. The monoisotopic (exact) mass is 276 g/mol. The van der Waals surface area contributed by atoms with Crippen molar-refractivity contribution in [3.8, 4) is 0 Å². The Morgan fingerprint density at radius 1 is 1.32 bits per heavy atom. The second-order valence-corrected chi connectivity index (χ2v) is 5.12. The normalized spacial score (nSPS) is 12.2. The lowest BCUT2D eigenvalue weighted by Gasteiger charge is -2.18. The highest BCUT2D eigenvalue weighted by molar-refractivity contribution is 7.98. The highest BCUT2D eigenvalue weighted by atomic mass is 32.2. The van der Waals surface area contributed by atoms with Gasteiger partial charge in [-0.15, -0.1) is 11.8 Å². The molecule has 1 heterocycles. The van der Waals surface area contributed by atoms with Crippen molar-refractivity contribution in [3.05, 3.63) is 54.1 Å². The molecule has 100 valence electrons. The van der Waals surface area contributed by atoms with E-state index in [4.69, 9.17) is 0 Å². The molecule has 4 heteroatoms. The van der Waals surface area contributed by atoms with Crippen LogP contribution in [0.2, 0.25) is 0 Å². The maximum atomic E-state index is 12.9. The molecule has 1 aromatic heterocycles. The summed E-state index contributed by atoms with van der Waals surface area (Å²) in [5.74, 6) is -0.303. The average Bonchev–Trinajstić information content (AvgIpc) is 2.46. The largest absolute Gasteiger partial charge is 0.377 e. The third-order valence-electron chi connectivity index (χ3n) is 2.93. The number of hydrogen-bond donors (Lipinski definition) is 1. The van der Waals surface area contributed by atoms with Crippen LogP contribution in [-0.2, 0) is 0 Å². The van der Waals surface area contributed by atoms with Crippen LogP contribution in [0.15, 0.2) is 47.5 Å². The zero-order valence-corrected chi connectivity index (χ0v) is 11.9. The van der Waals surface area contributed by atoms with Gasteiger partial charge >= 0.3 is 0 Å². The van der Waals surface area contributed by atoms with Crippen LogP contribution in [0.5, 0.6) is 0 Å². The van der Waals surface area contributed by atoms with Gasteiger partial charge in [-0.25, -0.2) is 4.39 Å². The fourth-order valence-corrected chi connectivity index (χ4v) is 2.35. The van der Waals surface area contributed by atoms with Crippen molar-refractivity contribution >= 4 is 17.4 Å². The van der Waals surface area contributed by atoms with Gasteiger partial charge in [0.1, 0.15) is 5.82 Å². The zero-order valence-electron chi connectivity index (χ0n) is 11.1. The number of hydrogen-bond acceptors (Lipinski definition) is 3. The lowest BCUT2D eigenvalue weighted by Crippen LogP contribution is -2.11. The van der Waals surface area contributed by atoms with Crippen LogP contribution in [0.25, 0.3) is 0 Å². The minimum atomic E-state index is -0.303. The predicted molar refractivity (Wildman–Crippen MR) is 79.1 cm³/mol. The van der Waals surface area contributed by atoms with Gasteiger partial charge in [0.25, 0.3) is 0 Å². The number of nitrogens with zero attached hydrogens (tertiary/aromatic N) is 1. The molecular formula is C15H17FN2S. The zero-order chi connectivity index (χ0) is 13.7. The average molecular weight is 276 g/mol. The number of rotatable bonds is 5. The topological polar surface area (TPSA) is 24.9 Å². The molecule has 1 N–H and O–H groups in total. The molecular weight excluding hydrogens is 259 g/mol. The molecule has 0 amide bonds. The van der Waals surface area contributed by atoms with Crippen molar-refractivity contribution in [3.63, 3.8) is 0 Å². The van der Waals surface area contributed by atoms with Gasteiger partial charge in [0.15, 0.2) is 0 Å². The molecule has 19 heavy (non-hydrogen) atoms. The van der Waals surface area contributed by atoms with Crippen LogP contribution in [0, 0.1) is 5.82 Å². The summed E-state index contributed by atoms with van der Waals surface area (Å²) in [4.78, 5) is 5.36. The first-order valence-electron chi connectivity index (χ1n) is 6.25. The van der Waals surface area contributed by atoms with Crippen LogP contribution >= 0.6 is 11.8 Å². The smallest absolute Gasteiger partial charge is 0.141 e. The van der Waals surface area contributed by atoms with Crippen molar-refractivity contribution in [1.29, 1.82) is 0 Å². The molecule has 0 bridgehead atoms. The molecule has 0 saturated carbocycles. The molecule has 2 nitrogen and oxygen atoms in total. The molecule has 0 saturated heterocycles. The molecule has 0 spiro atoms. The van der Waals surface area contributed by atoms with Gasteiger partial charge in [0.2, 0.25) is 0 Å². The summed E-state index contributed by atoms with van der Waals surface area (Å²) in [5.41, 5.74) is 1.92. The summed E-state index contributed by atoms with van der Waals surface area (Å²) in [7, 11) is 0. The van der Waals surface area contributed by atoms with Gasteiger partial charge in [-0.2, -0.15) is 0 Å². The van der Waals surface area contributed by atoms with Crippen LogP contribution < -0.4 is 5.32 Å². The van der Waals surface area contributed by atoms with Crippen LogP contribution in [0.4, 0.5) is 10.1 Å². The standard InChI is InChI=1S/C15H17FN2S/c1-3-14(15-8-7-11(16)10-17-15)18-12-5-4-6-13(9-12)19-2/h4-10,14,18H,3H2,1-2H3. The van der Waals surface area contributed by atoms with Crippen molar-refractivity contribution in [1.82, 2.24) is 4.98 Å². The third kappa shape index (κ3) is 3.70. The molecule has 0 aliphatic heterocycles. The molecule has 0 aliphatic carbocycles. The lowest BCUT2D eigenvalue weighted by molar-refractivity contribution is 0.614. The quantitative estimate of drug-likeness (QED) is 0.814. The van der Waals surface area contributed by atoms with Crippen molar-refractivity contribution < 1.29 is 4.39 Å². The minimum absolute atomic E-state index is 0.0951. The Morgan fingerprint density at radius 3 is 2.79 bits per heavy atom. The summed E-state index contributed by atoms with van der Waals surface area (Å²) in [5, 5.41) is 3.44. The van der Waals surface area contributed by atoms with E-state index in [-0.39, 0.29) is 11.9 Å². The highest BCUT2D eigenvalue weighted by Crippen LogP contribution is 2.24. The number of thioether (sulfide) groups is 1. The van der Waals surface area contributed by atoms with E-state index in [0.29, 0.717) is 0 Å². The molecule has 1 aromatic carbocycles. The SMILES string of the molecule is CCC(Nc1cccc(SC)c1)c1ccc(F)cn1. The number of pyridine rings is 1. The summed E-state index contributed by atoms with van der Waals surface area (Å²) in [6.07, 6.45) is 4.21. The van der Waals surface area contributed by atoms with Crippen molar-refractivity contribution in [2.75, 3.05) is 11.6 Å². The first-order valence-corrected chi connectivity index (χ1v) is 7.47. The fourth-order valence-electron chi connectivity index (χ4n) is 1.89. The molecule has 1 atom stereocenters. The van der Waals surface area contributed by atoms with Crippen molar-refractivity contribution in [2.45, 2.75) is 24.3 Å². The fraction of sp³-hybridized carbons (Fsp3) is 0.267. The van der Waals surface area contributed by atoms with E-state index in [1.165, 1.54) is 17.2 Å². The molecule has 0 radical (unpaired) electrons. The van der Waals surface area contributed by atoms with Gasteiger partial charge in [-0.1, -0.05) is 13.0 Å². The van der Waals surface area contributed by atoms with Gasteiger partial charge in [-0.05, 0) is 43.0 Å². The second kappa shape index (κ2) is 6.57. The Labute approximate surface area is 117 Å². The predicted octanol–water partition coefficient (Wildman–Crippen LogP) is 4.51. The van der Waals surface area contributed by atoms with E-state index in [2.05, 4.69) is 35.6 Å². The van der Waals surface area contributed by atoms with Crippen LogP contribution in [0.1, 0.15) is 25.1 Å².